The number of hydrogen-bond donors (Lipinski definition) is 2. The van der Waals surface area contributed by atoms with Crippen molar-refractivity contribution < 1.29 is 9.21 Å². The van der Waals surface area contributed by atoms with Crippen LogP contribution in [0.5, 0.6) is 0 Å². The minimum atomic E-state index is -0.326. The zero-order chi connectivity index (χ0) is 14.6. The topological polar surface area (TPSA) is 81.2 Å². The van der Waals surface area contributed by atoms with Crippen molar-refractivity contribution in [2.75, 3.05) is 5.32 Å². The number of carbonyl (C=O) groups is 1. The summed E-state index contributed by atoms with van der Waals surface area (Å²) in [5.74, 6) is 0.670. The van der Waals surface area contributed by atoms with E-state index in [2.05, 4.69) is 10.3 Å². The van der Waals surface area contributed by atoms with Gasteiger partial charge in [-0.05, 0) is 44.5 Å². The lowest BCUT2D eigenvalue weighted by Gasteiger charge is -2.17. The van der Waals surface area contributed by atoms with E-state index in [4.69, 9.17) is 10.2 Å². The first-order valence-corrected chi connectivity index (χ1v) is 6.52. The summed E-state index contributed by atoms with van der Waals surface area (Å²) in [6.45, 7) is 3.82. The molecule has 20 heavy (non-hydrogen) atoms. The first-order valence-electron chi connectivity index (χ1n) is 6.52. The smallest absolute Gasteiger partial charge is 0.224 e. The van der Waals surface area contributed by atoms with Gasteiger partial charge in [0.05, 0.1) is 6.20 Å². The fourth-order valence-electron chi connectivity index (χ4n) is 1.74. The first-order chi connectivity index (χ1) is 9.44. The van der Waals surface area contributed by atoms with Gasteiger partial charge < -0.3 is 15.5 Å². The molecule has 0 radical (unpaired) electrons. The number of nitrogens with zero attached hydrogens (tertiary/aromatic N) is 1. The Hall–Kier alpha value is -2.14. The van der Waals surface area contributed by atoms with E-state index in [1.54, 1.807) is 6.20 Å². The Balaban J connectivity index is 1.92. The number of aromatic nitrogens is 1. The van der Waals surface area contributed by atoms with Gasteiger partial charge in [0.15, 0.2) is 12.2 Å². The Labute approximate surface area is 118 Å². The highest BCUT2D eigenvalue weighted by molar-refractivity contribution is 5.90. The molecule has 106 valence electrons. The van der Waals surface area contributed by atoms with Crippen molar-refractivity contribution in [3.63, 3.8) is 0 Å². The highest BCUT2D eigenvalue weighted by Gasteiger charge is 2.13. The summed E-state index contributed by atoms with van der Waals surface area (Å²) in [5.41, 5.74) is 7.21. The lowest BCUT2D eigenvalue weighted by atomic mass is 10.00. The Bertz CT molecular complexity index is 554. The molecule has 0 saturated heterocycles. The number of nitrogens with one attached hydrogen (secondary N) is 1. The predicted molar refractivity (Wildman–Crippen MR) is 78.1 cm³/mol. The van der Waals surface area contributed by atoms with Crippen molar-refractivity contribution in [1.82, 2.24) is 4.98 Å². The van der Waals surface area contributed by atoms with Gasteiger partial charge in [0, 0.05) is 23.2 Å². The molecule has 0 spiro atoms. The van der Waals surface area contributed by atoms with Gasteiger partial charge in [-0.15, -0.1) is 0 Å². The Kier molecular flexibility index (Phi) is 4.20. The number of benzene rings is 1. The third-order valence-electron chi connectivity index (χ3n) is 2.88. The van der Waals surface area contributed by atoms with Crippen LogP contribution in [0.25, 0.3) is 11.3 Å². The molecule has 0 aliphatic heterocycles. The second-order valence-corrected chi connectivity index (χ2v) is 5.48. The number of carbonyl (C=O) groups excluding carboxylic acids is 1. The van der Waals surface area contributed by atoms with Crippen molar-refractivity contribution in [3.8, 4) is 11.3 Å². The van der Waals surface area contributed by atoms with Crippen LogP contribution in [-0.4, -0.2) is 16.4 Å². The zero-order valence-corrected chi connectivity index (χ0v) is 11.7. The van der Waals surface area contributed by atoms with Gasteiger partial charge >= 0.3 is 0 Å². The van der Waals surface area contributed by atoms with Crippen molar-refractivity contribution in [3.05, 3.63) is 36.9 Å². The molecule has 0 unspecified atom stereocenters. The number of oxazole rings is 1. The maximum Gasteiger partial charge on any atom is 0.224 e. The minimum absolute atomic E-state index is 0.0315. The Morgan fingerprint density at radius 1 is 1.35 bits per heavy atom. The van der Waals surface area contributed by atoms with Gasteiger partial charge in [-0.2, -0.15) is 0 Å². The number of nitrogens with two attached hydrogens (primary N) is 1. The van der Waals surface area contributed by atoms with E-state index < -0.39 is 0 Å². The SMILES string of the molecule is CC(C)(N)CCC(=O)Nc1ccc(-c2cnco2)cc1. The van der Waals surface area contributed by atoms with Crippen LogP contribution in [-0.2, 0) is 4.79 Å². The van der Waals surface area contributed by atoms with Crippen molar-refractivity contribution in [2.24, 2.45) is 5.73 Å². The normalized spacial score (nSPS) is 11.3. The van der Waals surface area contributed by atoms with Crippen LogP contribution in [0.1, 0.15) is 26.7 Å². The van der Waals surface area contributed by atoms with Crippen LogP contribution in [0.3, 0.4) is 0 Å². The summed E-state index contributed by atoms with van der Waals surface area (Å²) in [5, 5.41) is 2.85. The molecule has 0 aliphatic rings. The van der Waals surface area contributed by atoms with Crippen LogP contribution in [0, 0.1) is 0 Å². The molecule has 0 fully saturated rings. The maximum absolute atomic E-state index is 11.8. The monoisotopic (exact) mass is 273 g/mol. The molecule has 3 N–H and O–H groups in total. The van der Waals surface area contributed by atoms with Crippen molar-refractivity contribution in [1.29, 1.82) is 0 Å². The third-order valence-corrected chi connectivity index (χ3v) is 2.88. The van der Waals surface area contributed by atoms with Crippen molar-refractivity contribution >= 4 is 11.6 Å². The lowest BCUT2D eigenvalue weighted by molar-refractivity contribution is -0.116. The molecular formula is C15H19N3O2. The molecular weight excluding hydrogens is 254 g/mol. The van der Waals surface area contributed by atoms with Gasteiger partial charge in [0.1, 0.15) is 0 Å². The molecule has 0 aliphatic carbocycles. The van der Waals surface area contributed by atoms with E-state index in [0.29, 0.717) is 18.6 Å². The molecule has 2 rings (SSSR count). The second kappa shape index (κ2) is 5.88. The Morgan fingerprint density at radius 2 is 2.05 bits per heavy atom. The van der Waals surface area contributed by atoms with E-state index in [1.807, 2.05) is 38.1 Å². The highest BCUT2D eigenvalue weighted by atomic mass is 16.3. The van der Waals surface area contributed by atoms with Crippen LogP contribution in [0.15, 0.2) is 41.3 Å². The van der Waals surface area contributed by atoms with E-state index in [0.717, 1.165) is 11.3 Å². The summed E-state index contributed by atoms with van der Waals surface area (Å²) in [4.78, 5) is 15.6. The average molecular weight is 273 g/mol. The number of amides is 1. The molecule has 1 aromatic heterocycles. The van der Waals surface area contributed by atoms with Crippen LogP contribution in [0.2, 0.25) is 0 Å². The summed E-state index contributed by atoms with van der Waals surface area (Å²) in [7, 11) is 0. The first kappa shape index (κ1) is 14.3. The van der Waals surface area contributed by atoms with Crippen LogP contribution >= 0.6 is 0 Å². The fraction of sp³-hybridized carbons (Fsp3) is 0.333. The fourth-order valence-corrected chi connectivity index (χ4v) is 1.74. The zero-order valence-electron chi connectivity index (χ0n) is 11.7. The minimum Gasteiger partial charge on any atom is -0.444 e. The van der Waals surface area contributed by atoms with Gasteiger partial charge in [-0.3, -0.25) is 4.79 Å². The molecule has 1 amide bonds. The molecule has 5 heteroatoms. The number of rotatable bonds is 5. The highest BCUT2D eigenvalue weighted by Crippen LogP contribution is 2.21. The van der Waals surface area contributed by atoms with Crippen molar-refractivity contribution in [2.45, 2.75) is 32.2 Å². The summed E-state index contributed by atoms with van der Waals surface area (Å²) < 4.78 is 5.20. The number of hydrogen-bond acceptors (Lipinski definition) is 4. The van der Waals surface area contributed by atoms with Gasteiger partial charge in [0.25, 0.3) is 0 Å². The molecule has 2 aromatic rings. The quantitative estimate of drug-likeness (QED) is 0.877. The molecule has 1 aromatic carbocycles. The second-order valence-electron chi connectivity index (χ2n) is 5.48. The largest absolute Gasteiger partial charge is 0.444 e. The average Bonchev–Trinajstić information content (AvgIpc) is 2.90. The molecule has 0 bridgehead atoms. The summed E-state index contributed by atoms with van der Waals surface area (Å²) in [6.07, 6.45) is 4.10. The summed E-state index contributed by atoms with van der Waals surface area (Å²) >= 11 is 0. The predicted octanol–water partition coefficient (Wildman–Crippen LogP) is 2.80. The van der Waals surface area contributed by atoms with Crippen LogP contribution in [0.4, 0.5) is 5.69 Å². The van der Waals surface area contributed by atoms with Gasteiger partial charge in [-0.25, -0.2) is 4.98 Å². The van der Waals surface area contributed by atoms with E-state index >= 15 is 0 Å². The number of anilines is 1. The summed E-state index contributed by atoms with van der Waals surface area (Å²) in [6, 6.07) is 7.43. The Morgan fingerprint density at radius 3 is 2.60 bits per heavy atom. The molecule has 0 atom stereocenters. The van der Waals surface area contributed by atoms with E-state index in [-0.39, 0.29) is 11.4 Å². The van der Waals surface area contributed by atoms with E-state index in [9.17, 15) is 4.79 Å². The molecule has 5 nitrogen and oxygen atoms in total. The molecule has 0 saturated carbocycles. The van der Waals surface area contributed by atoms with Crippen LogP contribution < -0.4 is 11.1 Å². The molecule has 1 heterocycles. The van der Waals surface area contributed by atoms with Gasteiger partial charge in [0.2, 0.25) is 5.91 Å². The van der Waals surface area contributed by atoms with Gasteiger partial charge in [-0.1, -0.05) is 0 Å². The van der Waals surface area contributed by atoms with E-state index in [1.165, 1.54) is 6.39 Å². The standard InChI is InChI=1S/C15H19N3O2/c1-15(2,16)8-7-14(19)18-12-5-3-11(4-6-12)13-9-17-10-20-13/h3-6,9-10H,7-8,16H2,1-2H3,(H,18,19). The lowest BCUT2D eigenvalue weighted by Crippen LogP contribution is -2.33. The third kappa shape index (κ3) is 4.20. The maximum atomic E-state index is 11.8.